The van der Waals surface area contributed by atoms with Gasteiger partial charge in [-0.05, 0) is 28.4 Å². The van der Waals surface area contributed by atoms with Gasteiger partial charge in [-0.3, -0.25) is 0 Å². The van der Waals surface area contributed by atoms with E-state index in [1.165, 1.54) is 19.2 Å². The summed E-state index contributed by atoms with van der Waals surface area (Å²) in [6, 6.07) is 2.74. The summed E-state index contributed by atoms with van der Waals surface area (Å²) in [4.78, 5) is -0.303. The van der Waals surface area contributed by atoms with E-state index in [1.807, 2.05) is 0 Å². The maximum atomic E-state index is 13.4. The van der Waals surface area contributed by atoms with Gasteiger partial charge in [-0.15, -0.1) is 0 Å². The SMILES string of the molecule is COc1cc(F)c(Br)cc1C(Br)CCOCC(F)(F)F. The van der Waals surface area contributed by atoms with Gasteiger partial charge in [-0.2, -0.15) is 13.2 Å². The zero-order valence-corrected chi connectivity index (χ0v) is 13.6. The van der Waals surface area contributed by atoms with Crippen molar-refractivity contribution in [1.82, 2.24) is 0 Å². The fraction of sp³-hybridized carbons (Fsp3) is 0.500. The first-order valence-corrected chi connectivity index (χ1v) is 7.27. The molecule has 0 aromatic heterocycles. The van der Waals surface area contributed by atoms with Gasteiger partial charge >= 0.3 is 6.18 Å². The van der Waals surface area contributed by atoms with Gasteiger partial charge in [0.2, 0.25) is 0 Å². The van der Waals surface area contributed by atoms with Crippen LogP contribution in [0.4, 0.5) is 17.6 Å². The Morgan fingerprint density at radius 2 is 1.95 bits per heavy atom. The van der Waals surface area contributed by atoms with E-state index < -0.39 is 18.6 Å². The fourth-order valence-electron chi connectivity index (χ4n) is 1.50. The molecule has 0 radical (unpaired) electrons. The minimum absolute atomic E-state index is 0.0758. The van der Waals surface area contributed by atoms with Crippen molar-refractivity contribution in [3.63, 3.8) is 0 Å². The molecule has 1 aromatic rings. The molecule has 0 spiro atoms. The van der Waals surface area contributed by atoms with Gasteiger partial charge in [0.25, 0.3) is 0 Å². The van der Waals surface area contributed by atoms with Crippen molar-refractivity contribution < 1.29 is 27.0 Å². The Morgan fingerprint density at radius 3 is 2.50 bits per heavy atom. The molecule has 1 aromatic carbocycles. The van der Waals surface area contributed by atoms with Crippen LogP contribution in [-0.4, -0.2) is 26.5 Å². The average molecular weight is 424 g/mol. The fourth-order valence-corrected chi connectivity index (χ4v) is 2.40. The van der Waals surface area contributed by atoms with Crippen LogP contribution >= 0.6 is 31.9 Å². The van der Waals surface area contributed by atoms with Crippen LogP contribution in [0.2, 0.25) is 0 Å². The maximum absolute atomic E-state index is 13.4. The Hall–Kier alpha value is -0.340. The monoisotopic (exact) mass is 422 g/mol. The summed E-state index contributed by atoms with van der Waals surface area (Å²) in [5.41, 5.74) is 0.636. The van der Waals surface area contributed by atoms with Crippen LogP contribution in [0.5, 0.6) is 5.75 Å². The van der Waals surface area contributed by atoms with Gasteiger partial charge in [0.15, 0.2) is 0 Å². The molecule has 0 fully saturated rings. The van der Waals surface area contributed by atoms with E-state index in [4.69, 9.17) is 4.74 Å². The van der Waals surface area contributed by atoms with Crippen molar-refractivity contribution in [1.29, 1.82) is 0 Å². The maximum Gasteiger partial charge on any atom is 0.411 e. The lowest BCUT2D eigenvalue weighted by atomic mass is 10.1. The summed E-state index contributed by atoms with van der Waals surface area (Å²) in [5.74, 6) is -0.151. The molecule has 0 saturated carbocycles. The van der Waals surface area contributed by atoms with Crippen LogP contribution in [0, 0.1) is 5.82 Å². The summed E-state index contributed by atoms with van der Waals surface area (Å²) >= 11 is 6.39. The lowest BCUT2D eigenvalue weighted by Gasteiger charge is -2.15. The number of hydrogen-bond acceptors (Lipinski definition) is 2. The van der Waals surface area contributed by atoms with E-state index in [2.05, 4.69) is 36.6 Å². The molecule has 0 aliphatic carbocycles. The van der Waals surface area contributed by atoms with E-state index in [1.54, 1.807) is 0 Å². The molecule has 0 amide bonds. The molecule has 0 bridgehead atoms. The van der Waals surface area contributed by atoms with Crippen LogP contribution < -0.4 is 4.74 Å². The molecule has 2 nitrogen and oxygen atoms in total. The Labute approximate surface area is 130 Å². The Balaban J connectivity index is 2.63. The molecule has 1 atom stereocenters. The summed E-state index contributed by atoms with van der Waals surface area (Å²) < 4.78 is 58.9. The number of halogens is 6. The van der Waals surface area contributed by atoms with Gasteiger partial charge in [0.1, 0.15) is 18.2 Å². The topological polar surface area (TPSA) is 18.5 Å². The largest absolute Gasteiger partial charge is 0.496 e. The first-order chi connectivity index (χ1) is 9.24. The Bertz CT molecular complexity index is 452. The van der Waals surface area contributed by atoms with Crippen molar-refractivity contribution in [2.45, 2.75) is 17.4 Å². The summed E-state index contributed by atoms with van der Waals surface area (Å²) in [7, 11) is 1.39. The lowest BCUT2D eigenvalue weighted by Crippen LogP contribution is -2.17. The van der Waals surface area contributed by atoms with Crippen molar-refractivity contribution in [2.24, 2.45) is 0 Å². The molecular weight excluding hydrogens is 412 g/mol. The number of ether oxygens (including phenoxy) is 2. The number of rotatable bonds is 6. The van der Waals surface area contributed by atoms with Gasteiger partial charge in [-0.1, -0.05) is 15.9 Å². The Kier molecular flexibility index (Phi) is 6.74. The standard InChI is InChI=1S/C12H12Br2F4O2/c1-19-11-5-10(15)9(14)4-7(11)8(13)2-3-20-6-12(16,17)18/h4-5,8H,2-3,6H2,1H3. The number of alkyl halides is 4. The van der Waals surface area contributed by atoms with E-state index in [9.17, 15) is 17.6 Å². The van der Waals surface area contributed by atoms with Crippen molar-refractivity contribution in [3.05, 3.63) is 28.0 Å². The second kappa shape index (κ2) is 7.61. The van der Waals surface area contributed by atoms with E-state index >= 15 is 0 Å². The van der Waals surface area contributed by atoms with Crippen LogP contribution in [0.15, 0.2) is 16.6 Å². The first-order valence-electron chi connectivity index (χ1n) is 5.56. The summed E-state index contributed by atoms with van der Waals surface area (Å²) in [6.07, 6.45) is -4.04. The molecule has 20 heavy (non-hydrogen) atoms. The Morgan fingerprint density at radius 1 is 1.30 bits per heavy atom. The van der Waals surface area contributed by atoms with Gasteiger partial charge in [0.05, 0.1) is 11.6 Å². The molecular formula is C12H12Br2F4O2. The first kappa shape index (κ1) is 17.7. The third kappa shape index (κ3) is 5.57. The quantitative estimate of drug-likeness (QED) is 0.364. The van der Waals surface area contributed by atoms with E-state index in [0.717, 1.165) is 0 Å². The minimum Gasteiger partial charge on any atom is -0.496 e. The molecule has 1 rings (SSSR count). The van der Waals surface area contributed by atoms with Crippen molar-refractivity contribution in [2.75, 3.05) is 20.3 Å². The summed E-state index contributed by atoms with van der Waals surface area (Å²) in [6.45, 7) is -1.36. The van der Waals surface area contributed by atoms with Gasteiger partial charge in [-0.25, -0.2) is 4.39 Å². The molecule has 0 aliphatic rings. The highest BCUT2D eigenvalue weighted by molar-refractivity contribution is 9.10. The second-order valence-electron chi connectivity index (χ2n) is 3.93. The highest BCUT2D eigenvalue weighted by Crippen LogP contribution is 2.36. The predicted molar refractivity (Wildman–Crippen MR) is 73.8 cm³/mol. The predicted octanol–water partition coefficient (Wildman–Crippen LogP) is 5.00. The number of methoxy groups -OCH3 is 1. The van der Waals surface area contributed by atoms with Gasteiger partial charge < -0.3 is 9.47 Å². The zero-order valence-electron chi connectivity index (χ0n) is 10.4. The lowest BCUT2D eigenvalue weighted by molar-refractivity contribution is -0.174. The average Bonchev–Trinajstić information content (AvgIpc) is 2.36. The van der Waals surface area contributed by atoms with Crippen molar-refractivity contribution in [3.8, 4) is 5.75 Å². The van der Waals surface area contributed by atoms with Crippen LogP contribution in [-0.2, 0) is 4.74 Å². The number of hydrogen-bond donors (Lipinski definition) is 0. The molecule has 8 heteroatoms. The van der Waals surface area contributed by atoms with Gasteiger partial charge in [0, 0.05) is 23.1 Å². The van der Waals surface area contributed by atoms with E-state index in [0.29, 0.717) is 17.7 Å². The second-order valence-corrected chi connectivity index (χ2v) is 5.89. The molecule has 114 valence electrons. The molecule has 0 N–H and O–H groups in total. The van der Waals surface area contributed by atoms with E-state index in [-0.39, 0.29) is 15.9 Å². The van der Waals surface area contributed by atoms with Crippen LogP contribution in [0.1, 0.15) is 16.8 Å². The highest BCUT2D eigenvalue weighted by atomic mass is 79.9. The summed E-state index contributed by atoms with van der Waals surface area (Å²) in [5, 5.41) is 0. The van der Waals surface area contributed by atoms with Crippen molar-refractivity contribution >= 4 is 31.9 Å². The van der Waals surface area contributed by atoms with Crippen LogP contribution in [0.25, 0.3) is 0 Å². The zero-order chi connectivity index (χ0) is 15.3. The molecule has 0 aliphatic heterocycles. The third-order valence-electron chi connectivity index (χ3n) is 2.39. The minimum atomic E-state index is -4.33. The smallest absolute Gasteiger partial charge is 0.411 e. The molecule has 0 saturated heterocycles. The normalized spacial score (nSPS) is 13.3. The third-order valence-corrected chi connectivity index (χ3v) is 3.95. The van der Waals surface area contributed by atoms with Crippen LogP contribution in [0.3, 0.4) is 0 Å². The molecule has 0 heterocycles. The number of benzene rings is 1. The molecule has 1 unspecified atom stereocenters. The highest BCUT2D eigenvalue weighted by Gasteiger charge is 2.27.